The number of fused-ring (bicyclic) bond motifs is 5. The van der Waals surface area contributed by atoms with Crippen LogP contribution >= 0.6 is 0 Å². The fourth-order valence-electron chi connectivity index (χ4n) is 6.42. The molecule has 0 saturated heterocycles. The molecule has 0 aromatic carbocycles. The van der Waals surface area contributed by atoms with Crippen molar-refractivity contribution in [2.75, 3.05) is 6.54 Å². The van der Waals surface area contributed by atoms with Gasteiger partial charge in [0.15, 0.2) is 5.60 Å². The van der Waals surface area contributed by atoms with Gasteiger partial charge in [0, 0.05) is 29.4 Å². The van der Waals surface area contributed by atoms with Crippen molar-refractivity contribution in [3.05, 3.63) is 61.5 Å². The molecule has 2 aromatic heterocycles. The number of ether oxygens (including phenoxy) is 2. The normalized spacial score (nSPS) is 19.3. The van der Waals surface area contributed by atoms with E-state index in [2.05, 4.69) is 44.4 Å². The van der Waals surface area contributed by atoms with Gasteiger partial charge in [-0.15, -0.1) is 0 Å². The predicted octanol–water partition coefficient (Wildman–Crippen LogP) is 3.89. The summed E-state index contributed by atoms with van der Waals surface area (Å²) in [6, 6.07) is 2.32. The Kier molecular flexibility index (Phi) is 6.86. The lowest BCUT2D eigenvalue weighted by atomic mass is 9.84. The number of carbonyl (C=O) groups excluding carboxylic acids is 1. The van der Waals surface area contributed by atoms with Crippen LogP contribution in [0.25, 0.3) is 23.5 Å². The molecule has 7 heteroatoms. The molecule has 0 fully saturated rings. The van der Waals surface area contributed by atoms with Crippen molar-refractivity contribution in [1.29, 1.82) is 0 Å². The molecule has 0 N–H and O–H groups in total. The molecule has 0 radical (unpaired) electrons. The second-order valence-electron chi connectivity index (χ2n) is 12.3. The zero-order chi connectivity index (χ0) is 28.3. The Bertz CT molecular complexity index is 1540. The first-order valence-electron chi connectivity index (χ1n) is 14.2. The molecule has 2 aromatic rings. The second kappa shape index (κ2) is 9.77. The van der Waals surface area contributed by atoms with Crippen molar-refractivity contribution >= 4 is 18.1 Å². The Morgan fingerprint density at radius 3 is 2.59 bits per heavy atom. The van der Waals surface area contributed by atoms with Crippen LogP contribution in [0.4, 0.5) is 0 Å². The predicted molar refractivity (Wildman–Crippen MR) is 153 cm³/mol. The van der Waals surface area contributed by atoms with Gasteiger partial charge < -0.3 is 18.9 Å². The summed E-state index contributed by atoms with van der Waals surface area (Å²) < 4.78 is 13.8. The third kappa shape index (κ3) is 4.54. The fourth-order valence-corrected chi connectivity index (χ4v) is 6.42. The Labute approximate surface area is 230 Å². The second-order valence-corrected chi connectivity index (χ2v) is 12.3. The number of cyclic esters (lactones) is 1. The Balaban J connectivity index is 1.71. The smallest absolute Gasteiger partial charge is 0.343 e. The molecule has 0 amide bonds. The maximum Gasteiger partial charge on any atom is 0.343 e. The van der Waals surface area contributed by atoms with E-state index in [-0.39, 0.29) is 12.2 Å². The summed E-state index contributed by atoms with van der Waals surface area (Å²) in [7, 11) is 0. The van der Waals surface area contributed by atoms with Crippen LogP contribution in [-0.4, -0.2) is 38.6 Å². The zero-order valence-electron chi connectivity index (χ0n) is 24.4. The number of esters is 1. The molecule has 208 valence electrons. The lowest BCUT2D eigenvalue weighted by molar-refractivity contribution is -0.200. The van der Waals surface area contributed by atoms with Crippen LogP contribution in [0.3, 0.4) is 0 Å². The highest BCUT2D eigenvalue weighted by Crippen LogP contribution is 2.42. The highest BCUT2D eigenvalue weighted by Gasteiger charge is 2.50. The van der Waals surface area contributed by atoms with Gasteiger partial charge in [0.05, 0.1) is 34.4 Å². The minimum absolute atomic E-state index is 0.0425. The van der Waals surface area contributed by atoms with E-state index in [1.807, 2.05) is 33.8 Å². The molecule has 4 heterocycles. The molecular formula is C32H41N3O4. The van der Waals surface area contributed by atoms with E-state index in [1.165, 1.54) is 10.8 Å². The summed E-state index contributed by atoms with van der Waals surface area (Å²) in [5.41, 5.74) is 4.01. The van der Waals surface area contributed by atoms with Gasteiger partial charge in [0.2, 0.25) is 0 Å². The van der Waals surface area contributed by atoms with Crippen LogP contribution in [0, 0.1) is 0 Å². The van der Waals surface area contributed by atoms with Gasteiger partial charge in [-0.25, -0.2) is 9.78 Å². The van der Waals surface area contributed by atoms with E-state index < -0.39 is 17.2 Å². The topological polar surface area (TPSA) is 73.7 Å². The summed E-state index contributed by atoms with van der Waals surface area (Å²) in [6.45, 7) is 19.5. The SMILES string of the molecule is C=C(C)N(CCc1c2c(nc3c1=CCCC=3)-c1cc3c(c(=O)n1C2)COC(=O)[C@@]3(CC)OC(C)(C)C)C(C)C. The first-order valence-corrected chi connectivity index (χ1v) is 14.2. The van der Waals surface area contributed by atoms with E-state index in [4.69, 9.17) is 14.5 Å². The molecule has 1 atom stereocenters. The minimum Gasteiger partial charge on any atom is -0.458 e. The average Bonchev–Trinajstić information content (AvgIpc) is 3.23. The van der Waals surface area contributed by atoms with Gasteiger partial charge in [-0.2, -0.15) is 0 Å². The van der Waals surface area contributed by atoms with Crippen LogP contribution in [0.2, 0.25) is 0 Å². The molecule has 0 bridgehead atoms. The van der Waals surface area contributed by atoms with Crippen LogP contribution < -0.4 is 16.1 Å². The maximum absolute atomic E-state index is 14.0. The van der Waals surface area contributed by atoms with Crippen LogP contribution in [0.1, 0.15) is 90.0 Å². The fraction of sp³-hybridized carbons (Fsp3) is 0.531. The number of hydrogen-bond donors (Lipinski definition) is 0. The first-order chi connectivity index (χ1) is 18.4. The highest BCUT2D eigenvalue weighted by molar-refractivity contribution is 5.84. The van der Waals surface area contributed by atoms with Gasteiger partial charge in [-0.1, -0.05) is 25.7 Å². The number of nitrogens with zero attached hydrogens (tertiary/aromatic N) is 3. The lowest BCUT2D eigenvalue weighted by Gasteiger charge is -2.40. The highest BCUT2D eigenvalue weighted by atomic mass is 16.6. The number of rotatable bonds is 7. The maximum atomic E-state index is 14.0. The van der Waals surface area contributed by atoms with Gasteiger partial charge in [0.1, 0.15) is 6.61 Å². The molecule has 0 unspecified atom stereocenters. The third-order valence-electron chi connectivity index (χ3n) is 8.10. The average molecular weight is 532 g/mol. The molecule has 0 saturated carbocycles. The van der Waals surface area contributed by atoms with Gasteiger partial charge >= 0.3 is 5.97 Å². The van der Waals surface area contributed by atoms with Gasteiger partial charge in [0.25, 0.3) is 5.56 Å². The largest absolute Gasteiger partial charge is 0.458 e. The van der Waals surface area contributed by atoms with E-state index in [1.54, 1.807) is 4.57 Å². The summed E-state index contributed by atoms with van der Waals surface area (Å²) in [5, 5.41) is 2.17. The van der Waals surface area contributed by atoms with Gasteiger partial charge in [-0.3, -0.25) is 4.79 Å². The lowest BCUT2D eigenvalue weighted by Crippen LogP contribution is -2.49. The molecule has 5 rings (SSSR count). The van der Waals surface area contributed by atoms with Crippen LogP contribution in [0.15, 0.2) is 23.1 Å². The zero-order valence-corrected chi connectivity index (χ0v) is 24.4. The van der Waals surface area contributed by atoms with E-state index >= 15 is 0 Å². The van der Waals surface area contributed by atoms with Crippen molar-refractivity contribution < 1.29 is 14.3 Å². The minimum atomic E-state index is -1.33. The van der Waals surface area contributed by atoms with Gasteiger partial charge in [-0.05, 0) is 84.1 Å². The van der Waals surface area contributed by atoms with E-state index in [0.717, 1.165) is 53.8 Å². The van der Waals surface area contributed by atoms with Crippen molar-refractivity contribution in [3.8, 4) is 11.4 Å². The molecule has 0 spiro atoms. The van der Waals surface area contributed by atoms with Crippen LogP contribution in [0.5, 0.6) is 0 Å². The third-order valence-corrected chi connectivity index (χ3v) is 8.10. The van der Waals surface area contributed by atoms with Crippen molar-refractivity contribution in [2.45, 2.75) is 105 Å². The number of pyridine rings is 2. The summed E-state index contributed by atoms with van der Waals surface area (Å²) >= 11 is 0. The molecule has 2 aliphatic heterocycles. The number of allylic oxidation sites excluding steroid dienone is 1. The monoisotopic (exact) mass is 531 g/mol. The quantitative estimate of drug-likeness (QED) is 0.431. The Hall–Kier alpha value is -3.19. The summed E-state index contributed by atoms with van der Waals surface area (Å²) in [6.07, 6.45) is 7.62. The Morgan fingerprint density at radius 2 is 1.95 bits per heavy atom. The number of aromatic nitrogens is 2. The summed E-state index contributed by atoms with van der Waals surface area (Å²) in [4.78, 5) is 34.7. The number of hydrogen-bond acceptors (Lipinski definition) is 6. The first kappa shape index (κ1) is 27.4. The van der Waals surface area contributed by atoms with Crippen molar-refractivity contribution in [3.63, 3.8) is 0 Å². The summed E-state index contributed by atoms with van der Waals surface area (Å²) in [5.74, 6) is -0.439. The molecule has 39 heavy (non-hydrogen) atoms. The molecule has 7 nitrogen and oxygen atoms in total. The van der Waals surface area contributed by atoms with Crippen molar-refractivity contribution in [2.24, 2.45) is 0 Å². The Morgan fingerprint density at radius 1 is 1.23 bits per heavy atom. The van der Waals surface area contributed by atoms with Crippen LogP contribution in [-0.2, 0) is 39.4 Å². The standard InChI is InChI=1S/C32H41N3O4/c1-9-32(39-31(6,7)8)25-16-27-28-23(17-35(27)29(36)24(25)18-38-30(32)37)21(14-15-34(19(2)3)20(4)5)22-12-10-11-13-26(22)33-28/h12-13,16,20H,2,9-11,14-15,17-18H2,1,3-8H3/t32-/m0/s1. The van der Waals surface area contributed by atoms with E-state index in [0.29, 0.717) is 30.1 Å². The number of carbonyl (C=O) groups is 1. The molecule has 3 aliphatic rings. The molecule has 1 aliphatic carbocycles. The van der Waals surface area contributed by atoms with E-state index in [9.17, 15) is 9.59 Å². The van der Waals surface area contributed by atoms with Crippen molar-refractivity contribution in [1.82, 2.24) is 14.5 Å². The molecular weight excluding hydrogens is 490 g/mol.